The van der Waals surface area contributed by atoms with Crippen LogP contribution in [0.25, 0.3) is 0 Å². The van der Waals surface area contributed by atoms with Gasteiger partial charge in [0.2, 0.25) is 0 Å². The van der Waals surface area contributed by atoms with Crippen LogP contribution in [0.1, 0.15) is 120 Å². The molecule has 3 rings (SSSR count). The minimum atomic E-state index is -1.73. The zero-order valence-corrected chi connectivity index (χ0v) is 33.4. The third kappa shape index (κ3) is 13.3. The van der Waals surface area contributed by atoms with E-state index in [0.717, 1.165) is 17.6 Å². The number of nitrogens with two attached hydrogens (primary N) is 1. The molecular weight excluding hydrogens is 682 g/mol. The highest BCUT2D eigenvalue weighted by molar-refractivity contribution is 5.80. The predicted octanol–water partition coefficient (Wildman–Crippen LogP) is 6.04. The number of ether oxygens (including phenoxy) is 5. The van der Waals surface area contributed by atoms with Crippen molar-refractivity contribution in [2.45, 2.75) is 175 Å². The minimum Gasteiger partial charge on any atom is -0.462 e. The van der Waals surface area contributed by atoms with Crippen LogP contribution in [0.15, 0.2) is 35.5 Å². The Morgan fingerprint density at radius 1 is 1.08 bits per heavy atom. The maximum Gasteiger partial charge on any atom is 0.404 e. The highest BCUT2D eigenvalue weighted by Crippen LogP contribution is 2.35. The van der Waals surface area contributed by atoms with Gasteiger partial charge < -0.3 is 44.7 Å². The third-order valence-electron chi connectivity index (χ3n) is 11.2. The number of cyclic esters (lactones) is 1. The van der Waals surface area contributed by atoms with E-state index in [-0.39, 0.29) is 54.8 Å². The molecule has 1 amide bonds. The fourth-order valence-electron chi connectivity index (χ4n) is 8.07. The smallest absolute Gasteiger partial charge is 0.404 e. The molecule has 3 aliphatic heterocycles. The molecule has 0 aliphatic carbocycles. The van der Waals surface area contributed by atoms with Gasteiger partial charge in [-0.05, 0) is 87.7 Å². The van der Waals surface area contributed by atoms with Crippen LogP contribution in [0.5, 0.6) is 0 Å². The number of fused-ring (bicyclic) bond motifs is 2. The Kier molecular flexibility index (Phi) is 17.2. The maximum atomic E-state index is 13.6. The zero-order valence-electron chi connectivity index (χ0n) is 33.4. The number of hydrogen-bond donors (Lipinski definition) is 4. The lowest BCUT2D eigenvalue weighted by Gasteiger charge is -2.38. The van der Waals surface area contributed by atoms with E-state index in [9.17, 15) is 29.7 Å². The number of Topliss-reactive ketones (excluding diaryl/α,β-unsaturated/α-hetero) is 1. The molecule has 0 aromatic carbocycles. The number of aliphatic hydroxyl groups excluding tert-OH is 2. The van der Waals surface area contributed by atoms with Crippen LogP contribution < -0.4 is 5.73 Å². The Morgan fingerprint density at radius 2 is 1.75 bits per heavy atom. The number of primary amides is 1. The molecule has 1 saturated heterocycles. The molecule has 0 radical (unpaired) electrons. The molecule has 0 unspecified atom stereocenters. The van der Waals surface area contributed by atoms with Gasteiger partial charge in [0, 0.05) is 25.2 Å². The van der Waals surface area contributed by atoms with Gasteiger partial charge in [0.25, 0.3) is 0 Å². The topological polar surface area (TPSA) is 184 Å². The highest BCUT2D eigenvalue weighted by Gasteiger charge is 2.41. The number of ketones is 1. The Labute approximate surface area is 316 Å². The van der Waals surface area contributed by atoms with Crippen molar-refractivity contribution in [1.29, 1.82) is 0 Å². The summed E-state index contributed by atoms with van der Waals surface area (Å²) in [5, 5.41) is 33.1. The Hall–Kier alpha value is -2.61. The fourth-order valence-corrected chi connectivity index (χ4v) is 8.07. The fraction of sp³-hybridized carbons (Fsp3) is 0.780. The van der Waals surface area contributed by atoms with E-state index in [1.54, 1.807) is 20.8 Å². The van der Waals surface area contributed by atoms with E-state index in [0.29, 0.717) is 32.1 Å². The Bertz CT molecular complexity index is 1310. The molecule has 3 aliphatic rings. The van der Waals surface area contributed by atoms with Crippen molar-refractivity contribution in [3.05, 3.63) is 35.5 Å². The van der Waals surface area contributed by atoms with E-state index in [1.165, 1.54) is 0 Å². The lowest BCUT2D eigenvalue weighted by atomic mass is 9.79. The van der Waals surface area contributed by atoms with Crippen molar-refractivity contribution in [2.24, 2.45) is 35.3 Å². The minimum absolute atomic E-state index is 0.00488. The number of amides is 1. The Morgan fingerprint density at radius 3 is 2.42 bits per heavy atom. The van der Waals surface area contributed by atoms with Gasteiger partial charge in [0.15, 0.2) is 12.1 Å². The lowest BCUT2D eigenvalue weighted by molar-refractivity contribution is -0.254. The van der Waals surface area contributed by atoms with Crippen LogP contribution in [0.2, 0.25) is 0 Å². The van der Waals surface area contributed by atoms with Gasteiger partial charge in [-0.2, -0.15) is 0 Å². The van der Waals surface area contributed by atoms with E-state index < -0.39 is 66.7 Å². The summed E-state index contributed by atoms with van der Waals surface area (Å²) in [5.41, 5.74) is 7.13. The molecule has 5 N–H and O–H groups in total. The Balaban J connectivity index is 1.90. The van der Waals surface area contributed by atoms with Crippen LogP contribution in [0, 0.1) is 29.6 Å². The van der Waals surface area contributed by atoms with E-state index in [1.807, 2.05) is 46.8 Å². The van der Waals surface area contributed by atoms with Crippen molar-refractivity contribution in [2.75, 3.05) is 0 Å². The average molecular weight is 750 g/mol. The molecule has 0 aromatic heterocycles. The summed E-state index contributed by atoms with van der Waals surface area (Å²) in [6.45, 7) is 17.2. The van der Waals surface area contributed by atoms with Crippen LogP contribution in [-0.2, 0) is 33.3 Å². The number of hydrogen-bond acceptors (Lipinski definition) is 11. The summed E-state index contributed by atoms with van der Waals surface area (Å²) in [6.07, 6.45) is 5.26. The number of carbonyl (C=O) groups is 3. The van der Waals surface area contributed by atoms with Crippen molar-refractivity contribution >= 4 is 17.8 Å². The summed E-state index contributed by atoms with van der Waals surface area (Å²) in [7, 11) is 0. The van der Waals surface area contributed by atoms with E-state index in [4.69, 9.17) is 29.4 Å². The first-order valence-corrected chi connectivity index (χ1v) is 19.6. The van der Waals surface area contributed by atoms with Crippen LogP contribution >= 0.6 is 0 Å². The average Bonchev–Trinajstić information content (AvgIpc) is 3.09. The standard InChI is InChI=1S/C41H67NO11/c1-10-32(43)29(8)36(45)26(5)20-28(7)38-27(6)19-23(2)15-16-31(50-35-21-33(51-40(42)47)37(46)30(9)49-35)14-12-11-13-24(3)39-25(4)17-18-41(48,53-39)22-34(44)52-38/h13,15-17,23,26-31,33,35-39,45-46,48H,10-12,14,18-22H2,1-9H3,(H2,42,47)/b16-15+,24-13-/t23-,26+,27+,28+,29+,30+,31+,33+,35-,36-,37+,38-,39+,41+/m0/s1. The second kappa shape index (κ2) is 20.3. The molecule has 0 saturated carbocycles. The normalized spacial score (nSPS) is 37.6. The summed E-state index contributed by atoms with van der Waals surface area (Å²) < 4.78 is 30.0. The molecule has 302 valence electrons. The quantitative estimate of drug-likeness (QED) is 0.151. The van der Waals surface area contributed by atoms with Gasteiger partial charge in [-0.25, -0.2) is 4.79 Å². The third-order valence-corrected chi connectivity index (χ3v) is 11.2. The summed E-state index contributed by atoms with van der Waals surface area (Å²) >= 11 is 0. The number of rotatable bonds is 10. The molecule has 53 heavy (non-hydrogen) atoms. The summed E-state index contributed by atoms with van der Waals surface area (Å²) in [6, 6.07) is 0. The van der Waals surface area contributed by atoms with Gasteiger partial charge in [-0.15, -0.1) is 0 Å². The number of carbonyl (C=O) groups excluding carboxylic acids is 3. The molecule has 12 heteroatoms. The SMILES string of the molecule is CCC(=O)[C@@H](C)[C@@H](O)[C@H](C)C[C@@H](C)[C@H]1OC(=O)C[C@@]2(O)CC=C(C)[C@H](O2)/C(C)=C\CCC[C@@H](O[C@H]2C[C@@H](OC(N)=O)[C@H](O)[C@@H](C)O2)/C=C/[C@H](C)C[C@H]1C. The first kappa shape index (κ1) is 44.8. The number of allylic oxidation sites excluding steroid dienone is 2. The maximum absolute atomic E-state index is 13.6. The van der Waals surface area contributed by atoms with Gasteiger partial charge in [0.1, 0.15) is 30.2 Å². The van der Waals surface area contributed by atoms with Gasteiger partial charge in [-0.3, -0.25) is 9.59 Å². The highest BCUT2D eigenvalue weighted by atomic mass is 16.7. The van der Waals surface area contributed by atoms with Crippen LogP contribution in [0.4, 0.5) is 4.79 Å². The molecule has 14 atom stereocenters. The predicted molar refractivity (Wildman–Crippen MR) is 200 cm³/mol. The first-order valence-electron chi connectivity index (χ1n) is 19.6. The van der Waals surface area contributed by atoms with Gasteiger partial charge in [-0.1, -0.05) is 65.8 Å². The molecule has 0 spiro atoms. The van der Waals surface area contributed by atoms with Crippen LogP contribution in [0.3, 0.4) is 0 Å². The van der Waals surface area contributed by atoms with Crippen LogP contribution in [-0.4, -0.2) is 88.0 Å². The van der Waals surface area contributed by atoms with Crippen molar-refractivity contribution in [3.8, 4) is 0 Å². The molecule has 12 nitrogen and oxygen atoms in total. The first-order chi connectivity index (χ1) is 24.8. The monoisotopic (exact) mass is 749 g/mol. The molecule has 0 aromatic rings. The molecule has 1 fully saturated rings. The second-order valence-electron chi connectivity index (χ2n) is 16.1. The zero-order chi connectivity index (χ0) is 39.6. The summed E-state index contributed by atoms with van der Waals surface area (Å²) in [4.78, 5) is 37.5. The van der Waals surface area contributed by atoms with Crippen molar-refractivity contribution in [3.63, 3.8) is 0 Å². The molecule has 3 heterocycles. The lowest BCUT2D eigenvalue weighted by Crippen LogP contribution is -2.50. The largest absolute Gasteiger partial charge is 0.462 e. The van der Waals surface area contributed by atoms with E-state index >= 15 is 0 Å². The van der Waals surface area contributed by atoms with Crippen molar-refractivity contribution < 1.29 is 53.4 Å². The van der Waals surface area contributed by atoms with Gasteiger partial charge >= 0.3 is 12.1 Å². The molecule has 2 bridgehead atoms. The van der Waals surface area contributed by atoms with Crippen molar-refractivity contribution in [1.82, 2.24) is 0 Å². The summed E-state index contributed by atoms with van der Waals surface area (Å²) in [5.74, 6) is -3.23. The van der Waals surface area contributed by atoms with Gasteiger partial charge in [0.05, 0.1) is 24.7 Å². The van der Waals surface area contributed by atoms with E-state index in [2.05, 4.69) is 19.1 Å². The number of aliphatic hydroxyl groups is 3. The second-order valence-corrected chi connectivity index (χ2v) is 16.1. The number of esters is 1. The molecular formula is C41H67NO11.